The molecule has 0 aromatic carbocycles. The maximum atomic E-state index is 12.6. The second-order valence-corrected chi connectivity index (χ2v) is 28.8. The van der Waals surface area contributed by atoms with Crippen LogP contribution in [0.15, 0.2) is 24.3 Å². The van der Waals surface area contributed by atoms with Crippen LogP contribution >= 0.6 is 0 Å². The highest BCUT2D eigenvalue weighted by molar-refractivity contribution is 5.76. The Morgan fingerprint density at radius 3 is 0.889 bits per heavy atom. The number of rotatable bonds is 79. The van der Waals surface area contributed by atoms with Gasteiger partial charge in [0.15, 0.2) is 0 Å². The maximum absolute atomic E-state index is 12.6. The van der Waals surface area contributed by atoms with E-state index in [2.05, 4.69) is 43.5 Å². The average molecular weight is 1270 g/mol. The fourth-order valence-corrected chi connectivity index (χ4v) is 13.5. The smallest absolute Gasteiger partial charge is 0.305 e. The fourth-order valence-electron chi connectivity index (χ4n) is 13.5. The third kappa shape index (κ3) is 75.4. The minimum Gasteiger partial charge on any atom is -0.466 e. The Kier molecular flexibility index (Phi) is 78.3. The molecule has 6 heteroatoms. The topological polar surface area (TPSA) is 95.9 Å². The van der Waals surface area contributed by atoms with E-state index in [4.69, 9.17) is 4.74 Å². The molecule has 2 atom stereocenters. The van der Waals surface area contributed by atoms with Crippen LogP contribution in [0.5, 0.6) is 0 Å². The first-order valence-corrected chi connectivity index (χ1v) is 41.6. The summed E-state index contributed by atoms with van der Waals surface area (Å²) >= 11 is 0. The summed E-state index contributed by atoms with van der Waals surface area (Å²) in [4.78, 5) is 24.6. The molecular formula is C84H163NO5. The Labute approximate surface area is 564 Å². The molecule has 3 N–H and O–H groups in total. The van der Waals surface area contributed by atoms with Crippen LogP contribution in [0.3, 0.4) is 0 Å². The van der Waals surface area contributed by atoms with Crippen molar-refractivity contribution in [2.45, 2.75) is 488 Å². The number of carbonyl (C=O) groups is 2. The summed E-state index contributed by atoms with van der Waals surface area (Å²) in [6.45, 7) is 4.94. The molecule has 0 aromatic rings. The summed E-state index contributed by atoms with van der Waals surface area (Å²) in [7, 11) is 0. The van der Waals surface area contributed by atoms with E-state index in [1.807, 2.05) is 0 Å². The van der Waals surface area contributed by atoms with Gasteiger partial charge in [-0.25, -0.2) is 0 Å². The van der Waals surface area contributed by atoms with Crippen LogP contribution in [0.4, 0.5) is 0 Å². The van der Waals surface area contributed by atoms with Gasteiger partial charge in [-0.1, -0.05) is 436 Å². The zero-order valence-corrected chi connectivity index (χ0v) is 61.4. The number of hydrogen-bond acceptors (Lipinski definition) is 5. The lowest BCUT2D eigenvalue weighted by atomic mass is 10.0. The standard InChI is InChI=1S/C84H163NO5/c1-3-5-7-9-11-13-15-17-18-19-20-40-43-46-49-53-56-60-64-68-72-76-82(87)81(80-86)85-83(88)77-73-69-65-61-57-54-50-47-44-41-38-36-34-32-30-28-26-24-22-21-23-25-27-29-31-33-35-37-39-42-45-48-51-55-59-63-67-71-75-79-90-84(89)78-74-70-66-62-58-52-16-14-12-10-8-6-4-2/h8,10,14,16,81-82,86-87H,3-7,9,11-13,15,17-80H2,1-2H3,(H,85,88)/b10-8-,16-14-. The Balaban J connectivity index is 3.30. The summed E-state index contributed by atoms with van der Waals surface area (Å²) in [5.74, 6) is -0.0137. The number of hydrogen-bond donors (Lipinski definition) is 3. The Morgan fingerprint density at radius 1 is 0.311 bits per heavy atom. The van der Waals surface area contributed by atoms with Gasteiger partial charge in [0.2, 0.25) is 5.91 Å². The molecule has 1 amide bonds. The molecule has 0 heterocycles. The van der Waals surface area contributed by atoms with Crippen molar-refractivity contribution >= 4 is 11.9 Å². The van der Waals surface area contributed by atoms with Crippen LogP contribution < -0.4 is 5.32 Å². The SMILES string of the molecule is CCC/C=C\C/C=C\CCCCCCCC(=O)OCCCCCCCCCCCCCCCCCCCCCCCCCCCCCCCCCCCCCCCCCC(=O)NC(CO)C(O)CCCCCCCCCCCCCCCCCCCCCCC. The van der Waals surface area contributed by atoms with Crippen LogP contribution in [0.1, 0.15) is 476 Å². The number of unbranched alkanes of at least 4 members (excludes halogenated alkanes) is 64. The second-order valence-electron chi connectivity index (χ2n) is 28.8. The predicted molar refractivity (Wildman–Crippen MR) is 398 cm³/mol. The summed E-state index contributed by atoms with van der Waals surface area (Å²) in [6.07, 6.45) is 103. The normalized spacial score (nSPS) is 12.5. The van der Waals surface area contributed by atoms with E-state index < -0.39 is 12.1 Å². The molecule has 0 fully saturated rings. The Hall–Kier alpha value is -1.66. The number of ether oxygens (including phenoxy) is 1. The van der Waals surface area contributed by atoms with Crippen LogP contribution in [0.25, 0.3) is 0 Å². The highest BCUT2D eigenvalue weighted by Crippen LogP contribution is 2.21. The fraction of sp³-hybridized carbons (Fsp3) is 0.929. The van der Waals surface area contributed by atoms with Crippen molar-refractivity contribution in [1.82, 2.24) is 5.32 Å². The van der Waals surface area contributed by atoms with E-state index in [1.54, 1.807) is 0 Å². The largest absolute Gasteiger partial charge is 0.466 e. The third-order valence-corrected chi connectivity index (χ3v) is 19.7. The first kappa shape index (κ1) is 88.3. The van der Waals surface area contributed by atoms with Gasteiger partial charge >= 0.3 is 5.97 Å². The first-order valence-electron chi connectivity index (χ1n) is 41.6. The number of allylic oxidation sites excluding steroid dienone is 4. The molecule has 0 aliphatic carbocycles. The number of amides is 1. The van der Waals surface area contributed by atoms with Crippen molar-refractivity contribution in [2.24, 2.45) is 0 Å². The molecule has 0 aromatic heterocycles. The van der Waals surface area contributed by atoms with Crippen LogP contribution in [0, 0.1) is 0 Å². The summed E-state index contributed by atoms with van der Waals surface area (Å²) < 4.78 is 5.49. The van der Waals surface area contributed by atoms with Crippen molar-refractivity contribution in [3.05, 3.63) is 24.3 Å². The van der Waals surface area contributed by atoms with Gasteiger partial charge in [0, 0.05) is 12.8 Å². The van der Waals surface area contributed by atoms with Gasteiger partial charge in [-0.2, -0.15) is 0 Å². The maximum Gasteiger partial charge on any atom is 0.305 e. The quantitative estimate of drug-likeness (QED) is 0.0320. The van der Waals surface area contributed by atoms with E-state index >= 15 is 0 Å². The molecule has 0 aliphatic rings. The summed E-state index contributed by atoms with van der Waals surface area (Å²) in [5.41, 5.74) is 0. The molecule has 0 aliphatic heterocycles. The third-order valence-electron chi connectivity index (χ3n) is 19.7. The molecule has 0 rings (SSSR count). The molecule has 0 saturated heterocycles. The number of carbonyl (C=O) groups excluding carboxylic acids is 2. The van der Waals surface area contributed by atoms with E-state index in [0.29, 0.717) is 25.9 Å². The number of nitrogens with one attached hydrogen (secondary N) is 1. The summed E-state index contributed by atoms with van der Waals surface area (Å²) in [5, 5.41) is 23.5. The second kappa shape index (κ2) is 79.8. The molecule has 90 heavy (non-hydrogen) atoms. The highest BCUT2D eigenvalue weighted by atomic mass is 16.5. The Morgan fingerprint density at radius 2 is 0.578 bits per heavy atom. The van der Waals surface area contributed by atoms with Crippen molar-refractivity contribution in [3.63, 3.8) is 0 Å². The van der Waals surface area contributed by atoms with Crippen molar-refractivity contribution < 1.29 is 24.5 Å². The average Bonchev–Trinajstić information content (AvgIpc) is 3.70. The molecule has 0 spiro atoms. The first-order chi connectivity index (χ1) is 44.5. The van der Waals surface area contributed by atoms with Crippen LogP contribution in [-0.2, 0) is 14.3 Å². The predicted octanol–water partition coefficient (Wildman–Crippen LogP) is 27.6. The van der Waals surface area contributed by atoms with E-state index in [-0.39, 0.29) is 18.5 Å². The molecule has 2 unspecified atom stereocenters. The lowest BCUT2D eigenvalue weighted by Gasteiger charge is -2.22. The van der Waals surface area contributed by atoms with E-state index in [1.165, 1.54) is 392 Å². The lowest BCUT2D eigenvalue weighted by molar-refractivity contribution is -0.143. The van der Waals surface area contributed by atoms with Crippen molar-refractivity contribution in [3.8, 4) is 0 Å². The van der Waals surface area contributed by atoms with Crippen LogP contribution in [-0.4, -0.2) is 47.4 Å². The van der Waals surface area contributed by atoms with E-state index in [0.717, 1.165) is 51.4 Å². The zero-order valence-electron chi connectivity index (χ0n) is 61.4. The zero-order chi connectivity index (χ0) is 64.9. The highest BCUT2D eigenvalue weighted by Gasteiger charge is 2.20. The van der Waals surface area contributed by atoms with Crippen LogP contribution in [0.2, 0.25) is 0 Å². The van der Waals surface area contributed by atoms with Gasteiger partial charge < -0.3 is 20.3 Å². The molecule has 6 nitrogen and oxygen atoms in total. The molecular weight excluding hydrogens is 1100 g/mol. The van der Waals surface area contributed by atoms with Crippen molar-refractivity contribution in [1.29, 1.82) is 0 Å². The van der Waals surface area contributed by atoms with Gasteiger partial charge in [-0.15, -0.1) is 0 Å². The molecule has 534 valence electrons. The van der Waals surface area contributed by atoms with Crippen molar-refractivity contribution in [2.75, 3.05) is 13.2 Å². The minimum absolute atomic E-state index is 0.00945. The van der Waals surface area contributed by atoms with E-state index in [9.17, 15) is 19.8 Å². The molecule has 0 radical (unpaired) electrons. The Bertz CT molecular complexity index is 1410. The minimum atomic E-state index is -0.661. The molecule has 0 saturated carbocycles. The van der Waals surface area contributed by atoms with Gasteiger partial charge in [-0.05, 0) is 51.4 Å². The number of aliphatic hydroxyl groups excluding tert-OH is 2. The number of aliphatic hydroxyl groups is 2. The molecule has 0 bridgehead atoms. The monoisotopic (exact) mass is 1270 g/mol. The van der Waals surface area contributed by atoms with Gasteiger partial charge in [0.05, 0.1) is 25.4 Å². The number of esters is 1. The van der Waals surface area contributed by atoms with Gasteiger partial charge in [-0.3, -0.25) is 9.59 Å². The summed E-state index contributed by atoms with van der Waals surface area (Å²) in [6, 6.07) is -0.537. The lowest BCUT2D eigenvalue weighted by Crippen LogP contribution is -2.45. The van der Waals surface area contributed by atoms with Gasteiger partial charge in [0.1, 0.15) is 0 Å². The van der Waals surface area contributed by atoms with Gasteiger partial charge in [0.25, 0.3) is 0 Å².